The number of benzene rings is 3. The molecule has 1 aromatic heterocycles. The first-order valence-electron chi connectivity index (χ1n) is 9.91. The van der Waals surface area contributed by atoms with Crippen molar-refractivity contribution < 1.29 is 13.9 Å². The molecule has 0 saturated heterocycles. The second kappa shape index (κ2) is 8.41. The minimum absolute atomic E-state index is 0.0348. The van der Waals surface area contributed by atoms with Crippen LogP contribution in [0.5, 0.6) is 5.75 Å². The minimum Gasteiger partial charge on any atom is -0.484 e. The highest BCUT2D eigenvalue weighted by molar-refractivity contribution is 5.91. The Hall–Kier alpha value is -3.60. The number of ether oxygens (including phenoxy) is 1. The van der Waals surface area contributed by atoms with Gasteiger partial charge in [0.2, 0.25) is 0 Å². The van der Waals surface area contributed by atoms with Crippen molar-refractivity contribution in [3.05, 3.63) is 88.8 Å². The summed E-state index contributed by atoms with van der Waals surface area (Å²) in [7, 11) is 0. The number of hydrogen-bond donors (Lipinski definition) is 1. The Kier molecular flexibility index (Phi) is 5.53. The van der Waals surface area contributed by atoms with Gasteiger partial charge >= 0.3 is 0 Å². The topological polar surface area (TPSA) is 64.4 Å². The lowest BCUT2D eigenvalue weighted by atomic mass is 10.1. The molecule has 4 rings (SSSR count). The third-order valence-electron chi connectivity index (χ3n) is 5.00. The van der Waals surface area contributed by atoms with Crippen molar-refractivity contribution in [1.82, 2.24) is 4.98 Å². The Bertz CT molecular complexity index is 1150. The van der Waals surface area contributed by atoms with Crippen LogP contribution >= 0.6 is 0 Å². The summed E-state index contributed by atoms with van der Waals surface area (Å²) >= 11 is 0. The Labute approximate surface area is 175 Å². The molecule has 152 valence electrons. The van der Waals surface area contributed by atoms with E-state index in [1.165, 1.54) is 11.1 Å². The van der Waals surface area contributed by atoms with Crippen LogP contribution in [0.1, 0.15) is 28.1 Å². The van der Waals surface area contributed by atoms with Crippen LogP contribution in [-0.2, 0) is 11.2 Å². The van der Waals surface area contributed by atoms with Crippen LogP contribution in [0.25, 0.3) is 11.1 Å². The molecule has 0 aliphatic carbocycles. The van der Waals surface area contributed by atoms with E-state index < -0.39 is 0 Å². The second-order valence-electron chi connectivity index (χ2n) is 7.54. The van der Waals surface area contributed by atoms with Crippen LogP contribution in [-0.4, -0.2) is 17.5 Å². The van der Waals surface area contributed by atoms with E-state index in [-0.39, 0.29) is 12.5 Å². The van der Waals surface area contributed by atoms with Gasteiger partial charge in [-0.2, -0.15) is 0 Å². The zero-order valence-electron chi connectivity index (χ0n) is 17.4. The van der Waals surface area contributed by atoms with Crippen LogP contribution < -0.4 is 10.1 Å². The maximum Gasteiger partial charge on any atom is 0.262 e. The summed E-state index contributed by atoms with van der Waals surface area (Å²) in [4.78, 5) is 16.7. The van der Waals surface area contributed by atoms with E-state index >= 15 is 0 Å². The number of oxazole rings is 1. The number of anilines is 1. The van der Waals surface area contributed by atoms with Crippen molar-refractivity contribution in [3.63, 3.8) is 0 Å². The minimum atomic E-state index is -0.200. The molecule has 5 nitrogen and oxygen atoms in total. The quantitative estimate of drug-likeness (QED) is 0.473. The number of nitrogens with zero attached hydrogens (tertiary/aromatic N) is 1. The molecule has 0 bridgehead atoms. The zero-order valence-corrected chi connectivity index (χ0v) is 17.4. The Morgan fingerprint density at radius 1 is 1.00 bits per heavy atom. The third-order valence-corrected chi connectivity index (χ3v) is 5.00. The van der Waals surface area contributed by atoms with Gasteiger partial charge in [-0.3, -0.25) is 4.79 Å². The van der Waals surface area contributed by atoms with E-state index in [9.17, 15) is 4.79 Å². The summed E-state index contributed by atoms with van der Waals surface area (Å²) in [5.74, 6) is 1.16. The summed E-state index contributed by atoms with van der Waals surface area (Å²) < 4.78 is 11.4. The van der Waals surface area contributed by atoms with Crippen molar-refractivity contribution in [2.45, 2.75) is 27.2 Å². The van der Waals surface area contributed by atoms with Gasteiger partial charge in [-0.15, -0.1) is 0 Å². The van der Waals surface area contributed by atoms with E-state index in [0.29, 0.717) is 18.1 Å². The molecule has 4 aromatic rings. The van der Waals surface area contributed by atoms with E-state index in [0.717, 1.165) is 27.9 Å². The fourth-order valence-corrected chi connectivity index (χ4v) is 3.23. The molecule has 1 N–H and O–H groups in total. The summed E-state index contributed by atoms with van der Waals surface area (Å²) in [6.07, 6.45) is 0.595. The number of aromatic nitrogens is 1. The molecule has 0 atom stereocenters. The predicted molar refractivity (Wildman–Crippen MR) is 118 cm³/mol. The number of rotatable bonds is 6. The number of fused-ring (bicyclic) bond motifs is 1. The molecule has 1 heterocycles. The lowest BCUT2D eigenvalue weighted by Crippen LogP contribution is -2.20. The molecule has 0 aliphatic rings. The number of amides is 1. The highest BCUT2D eigenvalue weighted by Crippen LogP contribution is 2.22. The van der Waals surface area contributed by atoms with Crippen LogP contribution in [0.3, 0.4) is 0 Å². The summed E-state index contributed by atoms with van der Waals surface area (Å²) in [6, 6.07) is 19.4. The highest BCUT2D eigenvalue weighted by atomic mass is 16.5. The van der Waals surface area contributed by atoms with Crippen molar-refractivity contribution in [1.29, 1.82) is 0 Å². The van der Waals surface area contributed by atoms with Crippen LogP contribution in [0.2, 0.25) is 0 Å². The molecule has 3 aromatic carbocycles. The van der Waals surface area contributed by atoms with Gasteiger partial charge < -0.3 is 14.5 Å². The van der Waals surface area contributed by atoms with Crippen molar-refractivity contribution in [3.8, 4) is 5.75 Å². The third kappa shape index (κ3) is 4.69. The highest BCUT2D eigenvalue weighted by Gasteiger charge is 2.09. The zero-order chi connectivity index (χ0) is 21.1. The second-order valence-corrected chi connectivity index (χ2v) is 7.54. The first-order valence-corrected chi connectivity index (χ1v) is 9.91. The Balaban J connectivity index is 1.35. The van der Waals surface area contributed by atoms with Gasteiger partial charge in [0.05, 0.1) is 0 Å². The van der Waals surface area contributed by atoms with Gasteiger partial charge in [-0.25, -0.2) is 4.98 Å². The maximum absolute atomic E-state index is 12.1. The molecule has 0 aliphatic heterocycles. The van der Waals surface area contributed by atoms with Crippen molar-refractivity contribution in [2.24, 2.45) is 0 Å². The van der Waals surface area contributed by atoms with Gasteiger partial charge in [0, 0.05) is 12.1 Å². The lowest BCUT2D eigenvalue weighted by Gasteiger charge is -2.08. The van der Waals surface area contributed by atoms with E-state index in [1.807, 2.05) is 61.5 Å². The lowest BCUT2D eigenvalue weighted by molar-refractivity contribution is -0.118. The van der Waals surface area contributed by atoms with E-state index in [4.69, 9.17) is 9.15 Å². The molecule has 30 heavy (non-hydrogen) atoms. The average Bonchev–Trinajstić information content (AvgIpc) is 3.09. The number of hydrogen-bond acceptors (Lipinski definition) is 4. The average molecular weight is 400 g/mol. The molecular formula is C25H24N2O3. The van der Waals surface area contributed by atoms with Gasteiger partial charge in [-0.05, 0) is 79.4 Å². The van der Waals surface area contributed by atoms with Gasteiger partial charge in [0.15, 0.2) is 18.1 Å². The predicted octanol–water partition coefficient (Wildman–Crippen LogP) is 5.36. The van der Waals surface area contributed by atoms with Gasteiger partial charge in [-0.1, -0.05) is 24.3 Å². The fraction of sp³-hybridized carbons (Fsp3) is 0.200. The van der Waals surface area contributed by atoms with Crippen LogP contribution in [0.15, 0.2) is 65.1 Å². The number of carbonyl (C=O) groups excluding carboxylic acids is 1. The van der Waals surface area contributed by atoms with Crippen LogP contribution in [0.4, 0.5) is 5.69 Å². The SMILES string of the molecule is Cc1cccc(OCC(=O)Nc2ccc(Cc3nc4cc(C)c(C)cc4o3)cc2)c1. The normalized spacial score (nSPS) is 10.9. The fourth-order valence-electron chi connectivity index (χ4n) is 3.23. The first-order chi connectivity index (χ1) is 14.5. The smallest absolute Gasteiger partial charge is 0.262 e. The Morgan fingerprint density at radius 3 is 2.53 bits per heavy atom. The van der Waals surface area contributed by atoms with Crippen molar-refractivity contribution in [2.75, 3.05) is 11.9 Å². The molecule has 0 saturated carbocycles. The van der Waals surface area contributed by atoms with E-state index in [1.54, 1.807) is 0 Å². The monoisotopic (exact) mass is 400 g/mol. The molecule has 0 fully saturated rings. The molecule has 5 heteroatoms. The molecule has 0 unspecified atom stereocenters. The molecule has 0 radical (unpaired) electrons. The largest absolute Gasteiger partial charge is 0.484 e. The number of carbonyl (C=O) groups is 1. The molecule has 1 amide bonds. The van der Waals surface area contributed by atoms with E-state index in [2.05, 4.69) is 30.2 Å². The molecular weight excluding hydrogens is 376 g/mol. The first kappa shape index (κ1) is 19.7. The summed E-state index contributed by atoms with van der Waals surface area (Å²) in [5, 5.41) is 2.85. The Morgan fingerprint density at radius 2 is 1.77 bits per heavy atom. The summed E-state index contributed by atoms with van der Waals surface area (Å²) in [5.41, 5.74) is 6.96. The maximum atomic E-state index is 12.1. The number of aryl methyl sites for hydroxylation is 3. The van der Waals surface area contributed by atoms with Gasteiger partial charge in [0.25, 0.3) is 5.91 Å². The molecule has 0 spiro atoms. The standard InChI is InChI=1S/C25H24N2O3/c1-16-5-4-6-21(11-16)29-15-24(28)26-20-9-7-19(8-10-20)14-25-27-22-12-17(2)18(3)13-23(22)30-25/h4-13H,14-15H2,1-3H3,(H,26,28). The van der Waals surface area contributed by atoms with Gasteiger partial charge in [0.1, 0.15) is 11.3 Å². The van der Waals surface area contributed by atoms with Crippen LogP contribution in [0, 0.1) is 20.8 Å². The number of nitrogens with one attached hydrogen (secondary N) is 1. The van der Waals surface area contributed by atoms with Crippen molar-refractivity contribution >= 4 is 22.7 Å². The summed E-state index contributed by atoms with van der Waals surface area (Å²) in [6.45, 7) is 6.09.